The molecule has 88 valence electrons. The maximum absolute atomic E-state index is 13.8. The minimum absolute atomic E-state index is 0.306. The SMILES string of the molecule is Fc1ccc(CC(F)(F)C2CCNC2)cc1. The lowest BCUT2D eigenvalue weighted by Gasteiger charge is -2.22. The zero-order valence-electron chi connectivity index (χ0n) is 8.85. The molecule has 0 bridgehead atoms. The molecule has 1 unspecified atom stereocenters. The molecule has 4 heteroatoms. The molecule has 16 heavy (non-hydrogen) atoms. The summed E-state index contributed by atoms with van der Waals surface area (Å²) < 4.78 is 40.2. The van der Waals surface area contributed by atoms with E-state index in [4.69, 9.17) is 0 Å². The molecular weight excluding hydrogens is 215 g/mol. The summed E-state index contributed by atoms with van der Waals surface area (Å²) in [4.78, 5) is 0. The summed E-state index contributed by atoms with van der Waals surface area (Å²) in [5.41, 5.74) is 0.485. The number of benzene rings is 1. The highest BCUT2D eigenvalue weighted by molar-refractivity contribution is 5.18. The highest BCUT2D eigenvalue weighted by Gasteiger charge is 2.40. The van der Waals surface area contributed by atoms with Gasteiger partial charge in [-0.2, -0.15) is 0 Å². The van der Waals surface area contributed by atoms with Crippen LogP contribution >= 0.6 is 0 Å². The summed E-state index contributed by atoms with van der Waals surface area (Å²) in [6.45, 7) is 1.03. The fourth-order valence-corrected chi connectivity index (χ4v) is 2.03. The molecule has 0 saturated carbocycles. The third kappa shape index (κ3) is 2.55. The number of rotatable bonds is 3. The third-order valence-corrected chi connectivity index (χ3v) is 3.01. The Kier molecular flexibility index (Phi) is 3.19. The Balaban J connectivity index is 2.04. The molecule has 0 radical (unpaired) electrons. The zero-order chi connectivity index (χ0) is 11.6. The predicted octanol–water partition coefficient (Wildman–Crippen LogP) is 2.61. The summed E-state index contributed by atoms with van der Waals surface area (Å²) in [5, 5.41) is 2.93. The Bertz CT molecular complexity index is 342. The van der Waals surface area contributed by atoms with Crippen molar-refractivity contribution in [2.75, 3.05) is 13.1 Å². The maximum atomic E-state index is 13.8. The Hall–Kier alpha value is -1.03. The third-order valence-electron chi connectivity index (χ3n) is 3.01. The molecule has 1 aliphatic rings. The fraction of sp³-hybridized carbons (Fsp3) is 0.500. The average Bonchev–Trinajstić information content (AvgIpc) is 2.75. The van der Waals surface area contributed by atoms with E-state index in [2.05, 4.69) is 5.32 Å². The normalized spacial score (nSPS) is 21.3. The van der Waals surface area contributed by atoms with Crippen molar-refractivity contribution in [1.29, 1.82) is 0 Å². The second-order valence-electron chi connectivity index (χ2n) is 4.25. The minimum Gasteiger partial charge on any atom is -0.316 e. The standard InChI is InChI=1S/C12H14F3N/c13-11-3-1-9(2-4-11)7-12(14,15)10-5-6-16-8-10/h1-4,10,16H,5-8H2. The van der Waals surface area contributed by atoms with Gasteiger partial charge in [0.25, 0.3) is 5.92 Å². The van der Waals surface area contributed by atoms with E-state index >= 15 is 0 Å². The molecule has 2 rings (SSSR count). The van der Waals surface area contributed by atoms with E-state index in [-0.39, 0.29) is 6.42 Å². The quantitative estimate of drug-likeness (QED) is 0.840. The Morgan fingerprint density at radius 1 is 1.25 bits per heavy atom. The molecule has 1 aromatic carbocycles. The van der Waals surface area contributed by atoms with E-state index in [0.717, 1.165) is 0 Å². The number of alkyl halides is 2. The highest BCUT2D eigenvalue weighted by atomic mass is 19.3. The Labute approximate surface area is 92.7 Å². The second kappa shape index (κ2) is 4.45. The van der Waals surface area contributed by atoms with Gasteiger partial charge < -0.3 is 5.32 Å². The van der Waals surface area contributed by atoms with Crippen LogP contribution in [-0.2, 0) is 6.42 Å². The van der Waals surface area contributed by atoms with Gasteiger partial charge in [0.05, 0.1) is 0 Å². The summed E-state index contributed by atoms with van der Waals surface area (Å²) in [6.07, 6.45) is 0.202. The number of nitrogens with one attached hydrogen (secondary N) is 1. The first kappa shape index (κ1) is 11.5. The van der Waals surface area contributed by atoms with Crippen molar-refractivity contribution in [1.82, 2.24) is 5.32 Å². The van der Waals surface area contributed by atoms with Crippen molar-refractivity contribution < 1.29 is 13.2 Å². The molecule has 1 N–H and O–H groups in total. The van der Waals surface area contributed by atoms with Gasteiger partial charge in [0, 0.05) is 18.9 Å². The van der Waals surface area contributed by atoms with Crippen LogP contribution in [0.4, 0.5) is 13.2 Å². The smallest absolute Gasteiger partial charge is 0.256 e. The Morgan fingerprint density at radius 3 is 2.50 bits per heavy atom. The molecule has 1 aliphatic heterocycles. The largest absolute Gasteiger partial charge is 0.316 e. The topological polar surface area (TPSA) is 12.0 Å². The van der Waals surface area contributed by atoms with Gasteiger partial charge in [-0.25, -0.2) is 13.2 Å². The van der Waals surface area contributed by atoms with E-state index in [1.165, 1.54) is 24.3 Å². The van der Waals surface area contributed by atoms with Crippen LogP contribution in [0.3, 0.4) is 0 Å². The highest BCUT2D eigenvalue weighted by Crippen LogP contribution is 2.32. The second-order valence-corrected chi connectivity index (χ2v) is 4.25. The van der Waals surface area contributed by atoms with Crippen LogP contribution in [0.1, 0.15) is 12.0 Å². The molecule has 1 aromatic rings. The average molecular weight is 229 g/mol. The van der Waals surface area contributed by atoms with Gasteiger partial charge in [-0.1, -0.05) is 12.1 Å². The van der Waals surface area contributed by atoms with Crippen LogP contribution in [0.2, 0.25) is 0 Å². The number of halogens is 3. The van der Waals surface area contributed by atoms with E-state index in [1.807, 2.05) is 0 Å². The lowest BCUT2D eigenvalue weighted by Crippen LogP contribution is -2.32. The van der Waals surface area contributed by atoms with Crippen LogP contribution in [0.15, 0.2) is 24.3 Å². The van der Waals surface area contributed by atoms with Crippen molar-refractivity contribution in [3.8, 4) is 0 Å². The van der Waals surface area contributed by atoms with Crippen molar-refractivity contribution in [2.45, 2.75) is 18.8 Å². The van der Waals surface area contributed by atoms with Gasteiger partial charge >= 0.3 is 0 Å². The van der Waals surface area contributed by atoms with Gasteiger partial charge in [-0.3, -0.25) is 0 Å². The van der Waals surface area contributed by atoms with Crippen LogP contribution in [0.25, 0.3) is 0 Å². The van der Waals surface area contributed by atoms with Gasteiger partial charge in [-0.15, -0.1) is 0 Å². The number of hydrogen-bond acceptors (Lipinski definition) is 1. The summed E-state index contributed by atoms with van der Waals surface area (Å²) in [6, 6.07) is 5.29. The van der Waals surface area contributed by atoms with E-state index in [0.29, 0.717) is 25.1 Å². The van der Waals surface area contributed by atoms with Gasteiger partial charge in [0.2, 0.25) is 0 Å². The van der Waals surface area contributed by atoms with Crippen molar-refractivity contribution in [2.24, 2.45) is 5.92 Å². The van der Waals surface area contributed by atoms with Crippen molar-refractivity contribution >= 4 is 0 Å². The molecule has 0 aliphatic carbocycles. The molecule has 1 saturated heterocycles. The van der Waals surface area contributed by atoms with Crippen LogP contribution in [-0.4, -0.2) is 19.0 Å². The molecule has 1 fully saturated rings. The lowest BCUT2D eigenvalue weighted by atomic mass is 9.94. The summed E-state index contributed by atoms with van der Waals surface area (Å²) >= 11 is 0. The first-order valence-electron chi connectivity index (χ1n) is 5.41. The first-order chi connectivity index (χ1) is 7.58. The molecule has 1 nitrogen and oxygen atoms in total. The van der Waals surface area contributed by atoms with E-state index in [9.17, 15) is 13.2 Å². The van der Waals surface area contributed by atoms with Gasteiger partial charge in [-0.05, 0) is 30.7 Å². The molecule has 0 amide bonds. The molecular formula is C12H14F3N. The maximum Gasteiger partial charge on any atom is 0.256 e. The van der Waals surface area contributed by atoms with Gasteiger partial charge in [0.15, 0.2) is 0 Å². The monoisotopic (exact) mass is 229 g/mol. The molecule has 1 heterocycles. The zero-order valence-corrected chi connectivity index (χ0v) is 8.85. The first-order valence-corrected chi connectivity index (χ1v) is 5.41. The van der Waals surface area contributed by atoms with Gasteiger partial charge in [0.1, 0.15) is 5.82 Å². The van der Waals surface area contributed by atoms with Crippen LogP contribution < -0.4 is 5.32 Å². The summed E-state index contributed by atoms with van der Waals surface area (Å²) in [5.74, 6) is -3.70. The number of hydrogen-bond donors (Lipinski definition) is 1. The summed E-state index contributed by atoms with van der Waals surface area (Å²) in [7, 11) is 0. The Morgan fingerprint density at radius 2 is 1.94 bits per heavy atom. The molecule has 1 atom stereocenters. The van der Waals surface area contributed by atoms with Crippen molar-refractivity contribution in [3.63, 3.8) is 0 Å². The van der Waals surface area contributed by atoms with E-state index < -0.39 is 17.7 Å². The lowest BCUT2D eigenvalue weighted by molar-refractivity contribution is -0.0499. The fourth-order valence-electron chi connectivity index (χ4n) is 2.03. The predicted molar refractivity (Wildman–Crippen MR) is 56.0 cm³/mol. The molecule has 0 spiro atoms. The van der Waals surface area contributed by atoms with Crippen LogP contribution in [0, 0.1) is 11.7 Å². The minimum atomic E-state index is -2.71. The molecule has 0 aromatic heterocycles. The van der Waals surface area contributed by atoms with Crippen molar-refractivity contribution in [3.05, 3.63) is 35.6 Å². The van der Waals surface area contributed by atoms with E-state index in [1.54, 1.807) is 0 Å². The van der Waals surface area contributed by atoms with Crippen LogP contribution in [0.5, 0.6) is 0 Å².